The molecule has 0 saturated heterocycles. The highest BCUT2D eigenvalue weighted by atomic mass is 32.2. The summed E-state index contributed by atoms with van der Waals surface area (Å²) in [6.45, 7) is 3.37. The van der Waals surface area contributed by atoms with Crippen molar-refractivity contribution in [3.05, 3.63) is 119 Å². The van der Waals surface area contributed by atoms with E-state index < -0.39 is 47.9 Å². The number of hydrogen-bond donors (Lipinski definition) is 8. The van der Waals surface area contributed by atoms with Crippen LogP contribution in [0.5, 0.6) is 11.5 Å². The lowest BCUT2D eigenvalue weighted by Gasteiger charge is -2.16. The number of aryl methyl sites for hydroxylation is 2. The van der Waals surface area contributed by atoms with E-state index in [-0.39, 0.29) is 44.8 Å². The molecule has 0 aliphatic rings. The van der Waals surface area contributed by atoms with Gasteiger partial charge < -0.3 is 20.8 Å². The SMILES string of the molecule is Cc1ccc(C(=O)NC(=O)NC(=O)c2ccc(C)c(Nc3cc(S(=O)(=O)O)cc4cccc(O)c34)c2)cc1Nc1cc(S(=O)(=O)O)cc2cccc(O)c12. The minimum Gasteiger partial charge on any atom is -0.507 e. The van der Waals surface area contributed by atoms with Gasteiger partial charge in [-0.2, -0.15) is 16.8 Å². The Bertz CT molecular complexity index is 2600. The van der Waals surface area contributed by atoms with Gasteiger partial charge in [0.05, 0.1) is 21.2 Å². The second-order valence-electron chi connectivity index (χ2n) is 12.2. The van der Waals surface area contributed by atoms with Crippen molar-refractivity contribution in [3.63, 3.8) is 0 Å². The van der Waals surface area contributed by atoms with Crippen LogP contribution in [0.15, 0.2) is 107 Å². The summed E-state index contributed by atoms with van der Waals surface area (Å²) in [5.41, 5.74) is 1.89. The number of nitrogens with one attached hydrogen (secondary N) is 4. The largest absolute Gasteiger partial charge is 0.507 e. The number of anilines is 4. The van der Waals surface area contributed by atoms with Gasteiger partial charge in [-0.15, -0.1) is 0 Å². The molecule has 17 heteroatoms. The normalized spacial score (nSPS) is 11.6. The molecule has 0 heterocycles. The Kier molecular flexibility index (Phi) is 9.74. The maximum Gasteiger partial charge on any atom is 0.328 e. The van der Waals surface area contributed by atoms with Crippen molar-refractivity contribution < 1.29 is 50.5 Å². The number of carbonyl (C=O) groups excluding carboxylic acids is 3. The molecule has 0 aromatic heterocycles. The van der Waals surface area contributed by atoms with Crippen LogP contribution in [-0.4, -0.2) is 54.0 Å². The number of benzene rings is 6. The zero-order valence-electron chi connectivity index (χ0n) is 28.2. The molecule has 15 nitrogen and oxygen atoms in total. The Morgan fingerprint density at radius 3 is 1.28 bits per heavy atom. The summed E-state index contributed by atoms with van der Waals surface area (Å²) in [6, 6.07) is 21.0. The van der Waals surface area contributed by atoms with E-state index in [1.165, 1.54) is 60.7 Å². The van der Waals surface area contributed by atoms with E-state index in [9.17, 15) is 50.5 Å². The Morgan fingerprint density at radius 2 is 0.907 bits per heavy atom. The second-order valence-corrected chi connectivity index (χ2v) is 15.0. The van der Waals surface area contributed by atoms with E-state index in [0.29, 0.717) is 33.3 Å². The van der Waals surface area contributed by atoms with Gasteiger partial charge in [0.1, 0.15) is 11.5 Å². The van der Waals surface area contributed by atoms with Crippen molar-refractivity contribution >= 4 is 82.4 Å². The fraction of sp³-hybridized carbons (Fsp3) is 0.0541. The fourth-order valence-corrected chi connectivity index (χ4v) is 6.81. The molecule has 6 rings (SSSR count). The lowest BCUT2D eigenvalue weighted by Crippen LogP contribution is -2.42. The summed E-state index contributed by atoms with van der Waals surface area (Å²) < 4.78 is 67.2. The fourth-order valence-electron chi connectivity index (χ4n) is 5.72. The molecule has 0 spiro atoms. The molecule has 0 fully saturated rings. The first kappa shape index (κ1) is 37.2. The van der Waals surface area contributed by atoms with E-state index >= 15 is 0 Å². The zero-order chi connectivity index (χ0) is 39.1. The topological polar surface area (TPSA) is 249 Å². The number of imide groups is 2. The average Bonchev–Trinajstić information content (AvgIpc) is 3.09. The van der Waals surface area contributed by atoms with Crippen molar-refractivity contribution in [3.8, 4) is 11.5 Å². The molecule has 0 aliphatic carbocycles. The summed E-state index contributed by atoms with van der Waals surface area (Å²) in [5.74, 6) is -2.17. The van der Waals surface area contributed by atoms with Crippen LogP contribution in [0.3, 0.4) is 0 Å². The molecule has 0 atom stereocenters. The number of amides is 4. The minimum absolute atomic E-state index is 0.0328. The van der Waals surface area contributed by atoms with E-state index in [4.69, 9.17) is 0 Å². The number of fused-ring (bicyclic) bond motifs is 2. The molecular weight excluding hydrogens is 741 g/mol. The first-order chi connectivity index (χ1) is 25.4. The third kappa shape index (κ3) is 7.79. The van der Waals surface area contributed by atoms with Gasteiger partial charge in [-0.05, 0) is 96.4 Å². The van der Waals surface area contributed by atoms with Crippen LogP contribution in [0.25, 0.3) is 21.5 Å². The molecule has 54 heavy (non-hydrogen) atoms. The van der Waals surface area contributed by atoms with Gasteiger partial charge in [0.2, 0.25) is 0 Å². The predicted molar refractivity (Wildman–Crippen MR) is 200 cm³/mol. The highest BCUT2D eigenvalue weighted by Crippen LogP contribution is 2.38. The average molecular weight is 771 g/mol. The van der Waals surface area contributed by atoms with Gasteiger partial charge in [-0.3, -0.25) is 29.3 Å². The van der Waals surface area contributed by atoms with Crippen LogP contribution in [-0.2, 0) is 20.2 Å². The molecule has 0 saturated carbocycles. The number of carbonyl (C=O) groups is 3. The molecule has 4 amide bonds. The first-order valence-electron chi connectivity index (χ1n) is 15.8. The third-order valence-electron chi connectivity index (χ3n) is 8.44. The quantitative estimate of drug-likeness (QED) is 0.0795. The maximum atomic E-state index is 13.1. The summed E-state index contributed by atoms with van der Waals surface area (Å²) in [7, 11) is -9.26. The van der Waals surface area contributed by atoms with Gasteiger partial charge in [-0.1, -0.05) is 36.4 Å². The van der Waals surface area contributed by atoms with E-state index in [0.717, 1.165) is 12.1 Å². The van der Waals surface area contributed by atoms with Gasteiger partial charge in [-0.25, -0.2) is 4.79 Å². The number of phenols is 2. The van der Waals surface area contributed by atoms with E-state index in [2.05, 4.69) is 21.3 Å². The van der Waals surface area contributed by atoms with Crippen molar-refractivity contribution in [2.24, 2.45) is 0 Å². The predicted octanol–water partition coefficient (Wildman–Crippen LogP) is 6.28. The highest BCUT2D eigenvalue weighted by molar-refractivity contribution is 7.86. The molecule has 0 unspecified atom stereocenters. The van der Waals surface area contributed by atoms with Crippen LogP contribution in [0, 0.1) is 13.8 Å². The molecular formula is C37H30N4O11S2. The monoisotopic (exact) mass is 770 g/mol. The number of hydrogen-bond acceptors (Lipinski definition) is 11. The molecule has 276 valence electrons. The maximum absolute atomic E-state index is 13.1. The van der Waals surface area contributed by atoms with Crippen molar-refractivity contribution in [1.29, 1.82) is 0 Å². The number of urea groups is 1. The van der Waals surface area contributed by atoms with E-state index in [1.54, 1.807) is 38.1 Å². The Morgan fingerprint density at radius 1 is 0.519 bits per heavy atom. The molecule has 8 N–H and O–H groups in total. The van der Waals surface area contributed by atoms with Gasteiger partial charge >= 0.3 is 6.03 Å². The van der Waals surface area contributed by atoms with Gasteiger partial charge in [0.15, 0.2) is 0 Å². The van der Waals surface area contributed by atoms with Crippen LogP contribution in [0.1, 0.15) is 31.8 Å². The lowest BCUT2D eigenvalue weighted by molar-refractivity contribution is 0.0944. The van der Waals surface area contributed by atoms with Crippen molar-refractivity contribution in [1.82, 2.24) is 10.6 Å². The third-order valence-corrected chi connectivity index (χ3v) is 10.1. The summed E-state index contributed by atoms with van der Waals surface area (Å²) >= 11 is 0. The summed E-state index contributed by atoms with van der Waals surface area (Å²) in [4.78, 5) is 38.2. The second kappa shape index (κ2) is 14.1. The lowest BCUT2D eigenvalue weighted by atomic mass is 10.1. The standard InChI is InChI=1S/C37H30N4O11S2/c1-19-9-11-23(15-27(19)38-29-17-25(53(47,48)49)13-21-5-3-7-31(42)33(21)29)35(44)40-37(46)41-36(45)24-12-10-20(2)28(16-24)39-30-18-26(54(50,51)52)14-22-6-4-8-32(43)34(22)30/h3-18,38-39,42-43H,1-2H3,(H,47,48,49)(H,50,51,52)(H2,40,41,44,45,46). The summed E-state index contributed by atoms with van der Waals surface area (Å²) in [5, 5.41) is 32.3. The highest BCUT2D eigenvalue weighted by Gasteiger charge is 2.20. The van der Waals surface area contributed by atoms with Gasteiger partial charge in [0, 0.05) is 33.3 Å². The Hall–Kier alpha value is -6.53. The minimum atomic E-state index is -4.63. The van der Waals surface area contributed by atoms with Crippen molar-refractivity contribution in [2.75, 3.05) is 10.6 Å². The number of aromatic hydroxyl groups is 2. The molecule has 0 aliphatic heterocycles. The van der Waals surface area contributed by atoms with Gasteiger partial charge in [0.25, 0.3) is 32.1 Å². The zero-order valence-corrected chi connectivity index (χ0v) is 29.8. The van der Waals surface area contributed by atoms with Crippen LogP contribution in [0.4, 0.5) is 27.5 Å². The molecule has 6 aromatic carbocycles. The molecule has 6 aromatic rings. The first-order valence-corrected chi connectivity index (χ1v) is 18.7. The van der Waals surface area contributed by atoms with Crippen LogP contribution >= 0.6 is 0 Å². The summed E-state index contributed by atoms with van der Waals surface area (Å²) in [6.07, 6.45) is 0. The van der Waals surface area contributed by atoms with E-state index in [1.807, 2.05) is 0 Å². The Balaban J connectivity index is 1.20. The molecule has 0 bridgehead atoms. The Labute approximate surface area is 307 Å². The molecule has 0 radical (unpaired) electrons. The van der Waals surface area contributed by atoms with Crippen LogP contribution < -0.4 is 21.3 Å². The number of phenolic OH excluding ortho intramolecular Hbond substituents is 2. The number of rotatable bonds is 8. The smallest absolute Gasteiger partial charge is 0.328 e. The van der Waals surface area contributed by atoms with Crippen LogP contribution in [0.2, 0.25) is 0 Å². The van der Waals surface area contributed by atoms with Crippen molar-refractivity contribution in [2.45, 2.75) is 23.6 Å².